The summed E-state index contributed by atoms with van der Waals surface area (Å²) < 4.78 is 0. The van der Waals surface area contributed by atoms with Gasteiger partial charge in [-0.1, -0.05) is 27.7 Å². The topological polar surface area (TPSA) is 70.6 Å². The number of hydrogen-bond donors (Lipinski definition) is 2. The van der Waals surface area contributed by atoms with Gasteiger partial charge in [-0.15, -0.1) is 0 Å². The van der Waals surface area contributed by atoms with Gasteiger partial charge in [-0.25, -0.2) is 5.43 Å². The highest BCUT2D eigenvalue weighted by Gasteiger charge is 2.07. The average molecular weight is 289 g/mol. The Balaban J connectivity index is 2.57. The van der Waals surface area contributed by atoms with Crippen LogP contribution in [-0.4, -0.2) is 18.0 Å². The first-order chi connectivity index (χ1) is 9.88. The molecule has 1 aromatic carbocycles. The molecule has 0 heterocycles. The van der Waals surface area contributed by atoms with Crippen molar-refractivity contribution in [3.05, 3.63) is 29.8 Å². The molecule has 2 amide bonds. The van der Waals surface area contributed by atoms with E-state index in [1.807, 2.05) is 27.7 Å². The quantitative estimate of drug-likeness (QED) is 0.624. The first-order valence-corrected chi connectivity index (χ1v) is 7.12. The zero-order valence-electron chi connectivity index (χ0n) is 13.0. The van der Waals surface area contributed by atoms with Crippen LogP contribution in [-0.2, 0) is 4.79 Å². The molecule has 0 aliphatic carbocycles. The molecule has 0 aromatic heterocycles. The molecule has 0 radical (unpaired) electrons. The zero-order valence-corrected chi connectivity index (χ0v) is 13.0. The molecule has 0 aliphatic rings. The highest BCUT2D eigenvalue weighted by atomic mass is 16.2. The van der Waals surface area contributed by atoms with Crippen LogP contribution in [0.2, 0.25) is 0 Å². The van der Waals surface area contributed by atoms with Crippen molar-refractivity contribution in [1.82, 2.24) is 5.43 Å². The number of benzene rings is 1. The van der Waals surface area contributed by atoms with Crippen LogP contribution in [0.15, 0.2) is 29.4 Å². The Kier molecular flexibility index (Phi) is 6.59. The summed E-state index contributed by atoms with van der Waals surface area (Å²) in [6.45, 7) is 7.93. The van der Waals surface area contributed by atoms with Gasteiger partial charge < -0.3 is 5.32 Å². The van der Waals surface area contributed by atoms with Gasteiger partial charge in [0, 0.05) is 23.9 Å². The number of anilines is 1. The maximum absolute atomic E-state index is 11.8. The fourth-order valence-corrected chi connectivity index (χ4v) is 1.60. The molecule has 5 heteroatoms. The smallest absolute Gasteiger partial charge is 0.271 e. The van der Waals surface area contributed by atoms with Crippen molar-refractivity contribution in [2.45, 2.75) is 34.1 Å². The molecule has 5 nitrogen and oxygen atoms in total. The van der Waals surface area contributed by atoms with Gasteiger partial charge in [-0.2, -0.15) is 5.10 Å². The van der Waals surface area contributed by atoms with Crippen molar-refractivity contribution in [3.8, 4) is 0 Å². The van der Waals surface area contributed by atoms with Crippen LogP contribution in [0.1, 0.15) is 44.5 Å². The first-order valence-electron chi connectivity index (χ1n) is 7.12. The summed E-state index contributed by atoms with van der Waals surface area (Å²) in [4.78, 5) is 23.4. The Morgan fingerprint density at radius 1 is 1.14 bits per heavy atom. The Hall–Kier alpha value is -2.17. The van der Waals surface area contributed by atoms with E-state index in [2.05, 4.69) is 15.8 Å². The van der Waals surface area contributed by atoms with Crippen LogP contribution >= 0.6 is 0 Å². The molecule has 21 heavy (non-hydrogen) atoms. The minimum absolute atomic E-state index is 0.0243. The van der Waals surface area contributed by atoms with Crippen LogP contribution in [0, 0.1) is 11.8 Å². The predicted octanol–water partition coefficient (Wildman–Crippen LogP) is 3.04. The van der Waals surface area contributed by atoms with Crippen molar-refractivity contribution in [2.24, 2.45) is 16.9 Å². The highest BCUT2D eigenvalue weighted by molar-refractivity contribution is 5.95. The van der Waals surface area contributed by atoms with Gasteiger partial charge in [-0.05, 0) is 36.1 Å². The number of amides is 2. The van der Waals surface area contributed by atoms with E-state index in [9.17, 15) is 9.59 Å². The summed E-state index contributed by atoms with van der Waals surface area (Å²) in [6.07, 6.45) is 2.14. The van der Waals surface area contributed by atoms with E-state index in [-0.39, 0.29) is 17.7 Å². The minimum atomic E-state index is -0.271. The predicted molar refractivity (Wildman–Crippen MR) is 85.3 cm³/mol. The number of carbonyl (C=O) groups excluding carboxylic acids is 2. The van der Waals surface area contributed by atoms with Crippen LogP contribution in [0.3, 0.4) is 0 Å². The van der Waals surface area contributed by atoms with Crippen LogP contribution in [0.25, 0.3) is 0 Å². The monoisotopic (exact) mass is 289 g/mol. The summed E-state index contributed by atoms with van der Waals surface area (Å²) in [5, 5.41) is 6.65. The molecule has 114 valence electrons. The maximum atomic E-state index is 11.8. The Bertz CT molecular complexity index is 505. The van der Waals surface area contributed by atoms with E-state index in [4.69, 9.17) is 0 Å². The van der Waals surface area contributed by atoms with Gasteiger partial charge >= 0.3 is 0 Å². The molecule has 0 saturated carbocycles. The standard InChI is InChI=1S/C16H23N3O2/c1-11(2)9-15(20)18-14-7-5-13(6-8-14)16(21)19-17-10-12(3)4/h5-8,10-12H,9H2,1-4H3,(H,18,20)(H,19,21). The molecule has 0 atom stereocenters. The molecule has 2 N–H and O–H groups in total. The molecule has 0 aliphatic heterocycles. The summed E-state index contributed by atoms with van der Waals surface area (Å²) >= 11 is 0. The third-order valence-corrected chi connectivity index (χ3v) is 2.56. The maximum Gasteiger partial charge on any atom is 0.271 e. The van der Waals surface area contributed by atoms with E-state index in [0.29, 0.717) is 23.6 Å². The van der Waals surface area contributed by atoms with Gasteiger partial charge in [-0.3, -0.25) is 9.59 Å². The lowest BCUT2D eigenvalue weighted by Crippen LogP contribution is -2.18. The fourth-order valence-electron chi connectivity index (χ4n) is 1.60. The van der Waals surface area contributed by atoms with E-state index in [0.717, 1.165) is 0 Å². The van der Waals surface area contributed by atoms with Crippen molar-refractivity contribution in [1.29, 1.82) is 0 Å². The zero-order chi connectivity index (χ0) is 15.8. The van der Waals surface area contributed by atoms with Crippen molar-refractivity contribution < 1.29 is 9.59 Å². The van der Waals surface area contributed by atoms with Gasteiger partial charge in [0.05, 0.1) is 0 Å². The Morgan fingerprint density at radius 2 is 1.76 bits per heavy atom. The SMILES string of the molecule is CC(C)C=NNC(=O)c1ccc(NC(=O)CC(C)C)cc1. The lowest BCUT2D eigenvalue weighted by Gasteiger charge is -2.07. The second-order valence-corrected chi connectivity index (χ2v) is 5.69. The second-order valence-electron chi connectivity index (χ2n) is 5.69. The number of rotatable bonds is 6. The third kappa shape index (κ3) is 6.70. The van der Waals surface area contributed by atoms with Gasteiger partial charge in [0.1, 0.15) is 0 Å². The Labute approximate surface area is 125 Å². The van der Waals surface area contributed by atoms with E-state index in [1.54, 1.807) is 30.5 Å². The minimum Gasteiger partial charge on any atom is -0.326 e. The van der Waals surface area contributed by atoms with E-state index < -0.39 is 0 Å². The lowest BCUT2D eigenvalue weighted by molar-refractivity contribution is -0.116. The van der Waals surface area contributed by atoms with E-state index in [1.165, 1.54) is 0 Å². The lowest BCUT2D eigenvalue weighted by atomic mass is 10.1. The number of carbonyl (C=O) groups is 2. The molecular weight excluding hydrogens is 266 g/mol. The van der Waals surface area contributed by atoms with Crippen LogP contribution < -0.4 is 10.7 Å². The number of hydrogen-bond acceptors (Lipinski definition) is 3. The first kappa shape index (κ1) is 16.9. The van der Waals surface area contributed by atoms with Crippen LogP contribution in [0.4, 0.5) is 5.69 Å². The van der Waals surface area contributed by atoms with E-state index >= 15 is 0 Å². The number of hydrazone groups is 1. The molecule has 1 aromatic rings. The molecule has 0 fully saturated rings. The highest BCUT2D eigenvalue weighted by Crippen LogP contribution is 2.11. The van der Waals surface area contributed by atoms with Gasteiger partial charge in [0.15, 0.2) is 0 Å². The Morgan fingerprint density at radius 3 is 2.29 bits per heavy atom. The van der Waals surface area contributed by atoms with Crippen molar-refractivity contribution in [3.63, 3.8) is 0 Å². The largest absolute Gasteiger partial charge is 0.326 e. The number of nitrogens with one attached hydrogen (secondary N) is 2. The van der Waals surface area contributed by atoms with Crippen molar-refractivity contribution in [2.75, 3.05) is 5.32 Å². The van der Waals surface area contributed by atoms with Gasteiger partial charge in [0.2, 0.25) is 5.91 Å². The second kappa shape index (κ2) is 8.19. The molecule has 1 rings (SSSR count). The normalized spacial score (nSPS) is 11.1. The molecule has 0 saturated heterocycles. The molecule has 0 bridgehead atoms. The molecule has 0 unspecified atom stereocenters. The van der Waals surface area contributed by atoms with Gasteiger partial charge in [0.25, 0.3) is 5.91 Å². The average Bonchev–Trinajstić information content (AvgIpc) is 2.37. The summed E-state index contributed by atoms with van der Waals surface area (Å²) in [7, 11) is 0. The number of nitrogens with zero attached hydrogens (tertiary/aromatic N) is 1. The fraction of sp³-hybridized carbons (Fsp3) is 0.438. The van der Waals surface area contributed by atoms with Crippen molar-refractivity contribution >= 4 is 23.7 Å². The summed E-state index contributed by atoms with van der Waals surface area (Å²) in [5.41, 5.74) is 3.64. The van der Waals surface area contributed by atoms with Crippen LogP contribution in [0.5, 0.6) is 0 Å². The summed E-state index contributed by atoms with van der Waals surface area (Å²) in [5.74, 6) is 0.299. The third-order valence-electron chi connectivity index (χ3n) is 2.56. The summed E-state index contributed by atoms with van der Waals surface area (Å²) in [6, 6.07) is 6.73. The molecular formula is C16H23N3O2. The molecule has 0 spiro atoms.